The van der Waals surface area contributed by atoms with Crippen LogP contribution in [-0.2, 0) is 17.1 Å². The van der Waals surface area contributed by atoms with E-state index < -0.39 is 58.6 Å². The van der Waals surface area contributed by atoms with Gasteiger partial charge in [-0.3, -0.25) is 9.59 Å². The Bertz CT molecular complexity index is 1610. The molecule has 3 aromatic carbocycles. The van der Waals surface area contributed by atoms with Gasteiger partial charge in [-0.05, 0) is 41.8 Å². The predicted molar refractivity (Wildman–Crippen MR) is 134 cm³/mol. The minimum absolute atomic E-state index is 0.0627. The summed E-state index contributed by atoms with van der Waals surface area (Å²) in [5.74, 6) is -3.88. The summed E-state index contributed by atoms with van der Waals surface area (Å²) in [5, 5.41) is 1.83. The molecule has 40 heavy (non-hydrogen) atoms. The first-order chi connectivity index (χ1) is 18.8. The van der Waals surface area contributed by atoms with Crippen LogP contribution in [0.25, 0.3) is 11.0 Å². The molecule has 0 saturated heterocycles. The maximum atomic E-state index is 13.9. The zero-order chi connectivity index (χ0) is 29.2. The number of para-hydroxylation sites is 2. The molecule has 1 aromatic heterocycles. The van der Waals surface area contributed by atoms with E-state index in [1.54, 1.807) is 18.2 Å². The van der Waals surface area contributed by atoms with Crippen molar-refractivity contribution >= 4 is 22.6 Å². The first kappa shape index (κ1) is 28.5. The Morgan fingerprint density at radius 1 is 0.925 bits per heavy atom. The van der Waals surface area contributed by atoms with Crippen molar-refractivity contribution in [3.63, 3.8) is 0 Å². The number of hydrogen-bond acceptors (Lipinski definition) is 5. The lowest BCUT2D eigenvalue weighted by Gasteiger charge is -2.17. The van der Waals surface area contributed by atoms with Crippen molar-refractivity contribution in [1.82, 2.24) is 0 Å². The predicted octanol–water partition coefficient (Wildman–Crippen LogP) is 7.76. The normalized spacial score (nSPS) is 12.0. The van der Waals surface area contributed by atoms with Crippen molar-refractivity contribution in [2.75, 3.05) is 11.9 Å². The van der Waals surface area contributed by atoms with Crippen molar-refractivity contribution in [3.05, 3.63) is 93.8 Å². The van der Waals surface area contributed by atoms with E-state index in [9.17, 15) is 35.9 Å². The number of alkyl halides is 6. The number of carbonyl (C=O) groups is 1. The quantitative estimate of drug-likeness (QED) is 0.232. The van der Waals surface area contributed by atoms with Crippen LogP contribution in [0.2, 0.25) is 0 Å². The van der Waals surface area contributed by atoms with Crippen LogP contribution in [0.1, 0.15) is 36.7 Å². The Labute approximate surface area is 223 Å². The van der Waals surface area contributed by atoms with E-state index in [0.29, 0.717) is 5.56 Å². The average Bonchev–Trinajstić information content (AvgIpc) is 2.88. The molecule has 4 aromatic rings. The molecule has 0 atom stereocenters. The van der Waals surface area contributed by atoms with Gasteiger partial charge in [-0.2, -0.15) is 26.3 Å². The van der Waals surface area contributed by atoms with E-state index in [0.717, 1.165) is 30.3 Å². The van der Waals surface area contributed by atoms with E-state index in [4.69, 9.17) is 13.9 Å². The molecule has 1 N–H and O–H groups in total. The van der Waals surface area contributed by atoms with Gasteiger partial charge in [0.05, 0.1) is 16.6 Å². The second-order valence-corrected chi connectivity index (χ2v) is 8.92. The molecule has 0 bridgehead atoms. The van der Waals surface area contributed by atoms with Crippen LogP contribution in [0, 0.1) is 0 Å². The molecule has 4 rings (SSSR count). The highest BCUT2D eigenvalue weighted by Gasteiger charge is 2.41. The molecule has 0 spiro atoms. The van der Waals surface area contributed by atoms with Gasteiger partial charge >= 0.3 is 12.4 Å². The van der Waals surface area contributed by atoms with Crippen molar-refractivity contribution in [1.29, 1.82) is 0 Å². The third-order valence-corrected chi connectivity index (χ3v) is 5.71. The maximum Gasteiger partial charge on any atom is 0.453 e. The highest BCUT2D eigenvalue weighted by molar-refractivity contribution is 5.92. The Kier molecular flexibility index (Phi) is 7.81. The zero-order valence-corrected chi connectivity index (χ0v) is 20.9. The van der Waals surface area contributed by atoms with Crippen LogP contribution in [0.3, 0.4) is 0 Å². The van der Waals surface area contributed by atoms with Crippen LogP contribution >= 0.6 is 0 Å². The molecule has 12 heteroatoms. The summed E-state index contributed by atoms with van der Waals surface area (Å²) < 4.78 is 97.0. The van der Waals surface area contributed by atoms with Crippen molar-refractivity contribution < 1.29 is 45.0 Å². The molecule has 0 aliphatic carbocycles. The standard InChI is InChI=1S/C28H21F6NO5/c1-15(2)17-7-3-6-10-21(17)39-25-24(37)18-12-11-16(13-22(18)40-26(25)28(32,33)34)38-14-23(36)35-20-9-5-4-8-19(20)27(29,30)31/h3-13,15H,14H2,1-2H3,(H,35,36). The number of fused-ring (bicyclic) bond motifs is 1. The molecule has 0 fully saturated rings. The molecular formula is C28H21F6NO5. The van der Waals surface area contributed by atoms with Gasteiger partial charge in [-0.25, -0.2) is 0 Å². The number of hydrogen-bond donors (Lipinski definition) is 1. The van der Waals surface area contributed by atoms with E-state index in [1.165, 1.54) is 18.2 Å². The number of amides is 1. The largest absolute Gasteiger partial charge is 0.484 e. The van der Waals surface area contributed by atoms with E-state index in [-0.39, 0.29) is 22.8 Å². The first-order valence-electron chi connectivity index (χ1n) is 11.8. The molecule has 0 aliphatic rings. The van der Waals surface area contributed by atoms with Crippen molar-refractivity contribution in [2.45, 2.75) is 32.1 Å². The van der Waals surface area contributed by atoms with Gasteiger partial charge in [-0.1, -0.05) is 44.2 Å². The third-order valence-electron chi connectivity index (χ3n) is 5.71. The Morgan fingerprint density at radius 2 is 1.60 bits per heavy atom. The molecule has 0 aliphatic heterocycles. The number of rotatable bonds is 7. The Morgan fingerprint density at radius 3 is 2.27 bits per heavy atom. The minimum Gasteiger partial charge on any atom is -0.484 e. The molecule has 0 unspecified atom stereocenters. The van der Waals surface area contributed by atoms with Crippen LogP contribution in [0.5, 0.6) is 17.2 Å². The fourth-order valence-corrected chi connectivity index (χ4v) is 3.86. The summed E-state index contributed by atoms with van der Waals surface area (Å²) in [7, 11) is 0. The summed E-state index contributed by atoms with van der Waals surface area (Å²) in [6.45, 7) is 2.85. The number of halogens is 6. The van der Waals surface area contributed by atoms with E-state index >= 15 is 0 Å². The van der Waals surface area contributed by atoms with Gasteiger partial charge in [0, 0.05) is 6.07 Å². The Balaban J connectivity index is 1.62. The summed E-state index contributed by atoms with van der Waals surface area (Å²) >= 11 is 0. The number of carbonyl (C=O) groups excluding carboxylic acids is 1. The smallest absolute Gasteiger partial charge is 0.453 e. The number of anilines is 1. The molecule has 0 radical (unpaired) electrons. The first-order valence-corrected chi connectivity index (χ1v) is 11.8. The molecule has 0 saturated carbocycles. The number of ether oxygens (including phenoxy) is 2. The van der Waals surface area contributed by atoms with E-state index in [2.05, 4.69) is 5.32 Å². The summed E-state index contributed by atoms with van der Waals surface area (Å²) in [4.78, 5) is 25.3. The molecular weight excluding hydrogens is 544 g/mol. The van der Waals surface area contributed by atoms with Crippen LogP contribution < -0.4 is 20.2 Å². The third kappa shape index (κ3) is 6.22. The Hall–Kier alpha value is -4.48. The van der Waals surface area contributed by atoms with E-state index in [1.807, 2.05) is 13.8 Å². The fourth-order valence-electron chi connectivity index (χ4n) is 3.86. The average molecular weight is 565 g/mol. The number of nitrogens with one attached hydrogen (secondary N) is 1. The molecule has 1 heterocycles. The van der Waals surface area contributed by atoms with Gasteiger partial charge in [-0.15, -0.1) is 0 Å². The van der Waals surface area contributed by atoms with Gasteiger partial charge in [0.25, 0.3) is 11.7 Å². The van der Waals surface area contributed by atoms with Gasteiger partial charge in [0.2, 0.25) is 11.2 Å². The molecule has 6 nitrogen and oxygen atoms in total. The highest BCUT2D eigenvalue weighted by atomic mass is 19.4. The highest BCUT2D eigenvalue weighted by Crippen LogP contribution is 2.40. The second-order valence-electron chi connectivity index (χ2n) is 8.92. The van der Waals surface area contributed by atoms with Crippen LogP contribution in [0.15, 0.2) is 75.9 Å². The number of benzene rings is 3. The lowest BCUT2D eigenvalue weighted by Crippen LogP contribution is -2.22. The van der Waals surface area contributed by atoms with Crippen molar-refractivity contribution in [3.8, 4) is 17.2 Å². The summed E-state index contributed by atoms with van der Waals surface area (Å²) in [6.07, 6.45) is -9.81. The second kappa shape index (κ2) is 10.9. The SMILES string of the molecule is CC(C)c1ccccc1Oc1c(C(F)(F)F)oc2cc(OCC(=O)Nc3ccccc3C(F)(F)F)ccc2c1=O. The van der Waals surface area contributed by atoms with Gasteiger partial charge in [0.15, 0.2) is 6.61 Å². The zero-order valence-electron chi connectivity index (χ0n) is 20.9. The topological polar surface area (TPSA) is 77.8 Å². The summed E-state index contributed by atoms with van der Waals surface area (Å²) in [6, 6.07) is 14.0. The monoisotopic (exact) mass is 565 g/mol. The van der Waals surface area contributed by atoms with Crippen molar-refractivity contribution in [2.24, 2.45) is 0 Å². The van der Waals surface area contributed by atoms with Gasteiger partial charge < -0.3 is 19.2 Å². The van der Waals surface area contributed by atoms with Gasteiger partial charge in [0.1, 0.15) is 17.1 Å². The molecule has 210 valence electrons. The molecule has 1 amide bonds. The summed E-state index contributed by atoms with van der Waals surface area (Å²) in [5.41, 5.74) is -2.56. The van der Waals surface area contributed by atoms with Crippen LogP contribution in [-0.4, -0.2) is 12.5 Å². The minimum atomic E-state index is -5.10. The van der Waals surface area contributed by atoms with Crippen LogP contribution in [0.4, 0.5) is 32.0 Å². The maximum absolute atomic E-state index is 13.9. The lowest BCUT2D eigenvalue weighted by atomic mass is 10.0. The lowest BCUT2D eigenvalue weighted by molar-refractivity contribution is -0.154. The fraction of sp³-hybridized carbons (Fsp3) is 0.214.